The van der Waals surface area contributed by atoms with Crippen LogP contribution in [0.2, 0.25) is 0 Å². The molecule has 0 amide bonds. The van der Waals surface area contributed by atoms with Crippen LogP contribution in [0.25, 0.3) is 0 Å². The first-order valence-electron chi connectivity index (χ1n) is 7.19. The van der Waals surface area contributed by atoms with Crippen molar-refractivity contribution >= 4 is 10.0 Å². The first-order valence-corrected chi connectivity index (χ1v) is 8.63. The van der Waals surface area contributed by atoms with Gasteiger partial charge < -0.3 is 10.5 Å². The minimum atomic E-state index is -3.45. The van der Waals surface area contributed by atoms with Gasteiger partial charge in [0.15, 0.2) is 0 Å². The highest BCUT2D eigenvalue weighted by atomic mass is 32.2. The van der Waals surface area contributed by atoms with Crippen LogP contribution in [-0.4, -0.2) is 39.5 Å². The molecule has 1 aromatic rings. The first kappa shape index (κ1) is 16.4. The molecule has 1 aliphatic rings. The van der Waals surface area contributed by atoms with E-state index in [0.29, 0.717) is 31.1 Å². The van der Waals surface area contributed by atoms with Gasteiger partial charge in [-0.25, -0.2) is 8.42 Å². The van der Waals surface area contributed by atoms with Crippen LogP contribution in [0.5, 0.6) is 0 Å². The summed E-state index contributed by atoms with van der Waals surface area (Å²) in [6.07, 6.45) is 0.849. The van der Waals surface area contributed by atoms with Gasteiger partial charge >= 0.3 is 0 Å². The van der Waals surface area contributed by atoms with E-state index in [4.69, 9.17) is 10.5 Å². The highest BCUT2D eigenvalue weighted by molar-refractivity contribution is 7.89. The third-order valence-electron chi connectivity index (χ3n) is 4.18. The summed E-state index contributed by atoms with van der Waals surface area (Å²) in [7, 11) is -1.81. The van der Waals surface area contributed by atoms with Crippen LogP contribution in [-0.2, 0) is 21.3 Å². The van der Waals surface area contributed by atoms with E-state index in [2.05, 4.69) is 0 Å². The zero-order valence-electron chi connectivity index (χ0n) is 12.9. The van der Waals surface area contributed by atoms with Gasteiger partial charge in [0.05, 0.1) is 11.5 Å². The van der Waals surface area contributed by atoms with E-state index >= 15 is 0 Å². The summed E-state index contributed by atoms with van der Waals surface area (Å²) in [5.41, 5.74) is 8.29. The van der Waals surface area contributed by atoms with Crippen molar-refractivity contribution in [2.75, 3.05) is 26.8 Å². The molecule has 0 saturated carbocycles. The van der Waals surface area contributed by atoms with Crippen molar-refractivity contribution in [3.63, 3.8) is 0 Å². The molecule has 118 valence electrons. The Labute approximate surface area is 127 Å². The minimum absolute atomic E-state index is 0.281. The summed E-state index contributed by atoms with van der Waals surface area (Å²) in [4.78, 5) is 0.390. The molecule has 6 heteroatoms. The Morgan fingerprint density at radius 1 is 1.38 bits per heavy atom. The van der Waals surface area contributed by atoms with Gasteiger partial charge in [-0.2, -0.15) is 4.31 Å². The summed E-state index contributed by atoms with van der Waals surface area (Å²) >= 11 is 0. The number of aryl methyl sites for hydroxylation is 1. The maximum atomic E-state index is 12.9. The molecule has 1 aromatic carbocycles. The van der Waals surface area contributed by atoms with E-state index in [9.17, 15) is 8.42 Å². The van der Waals surface area contributed by atoms with Gasteiger partial charge in [-0.3, -0.25) is 0 Å². The van der Waals surface area contributed by atoms with E-state index in [1.54, 1.807) is 17.5 Å². The maximum Gasteiger partial charge on any atom is 0.243 e. The molecule has 1 atom stereocenters. The Morgan fingerprint density at radius 3 is 2.71 bits per heavy atom. The molecule has 21 heavy (non-hydrogen) atoms. The van der Waals surface area contributed by atoms with Gasteiger partial charge in [-0.05, 0) is 48.9 Å². The number of methoxy groups -OCH3 is 1. The molecular formula is C15H24N2O3S. The molecule has 1 heterocycles. The van der Waals surface area contributed by atoms with E-state index in [-0.39, 0.29) is 5.92 Å². The highest BCUT2D eigenvalue weighted by Crippen LogP contribution is 2.28. The van der Waals surface area contributed by atoms with Gasteiger partial charge in [-0.1, -0.05) is 6.07 Å². The lowest BCUT2D eigenvalue weighted by atomic mass is 10.1. The third kappa shape index (κ3) is 3.29. The van der Waals surface area contributed by atoms with Crippen LogP contribution >= 0.6 is 0 Å². The van der Waals surface area contributed by atoms with Crippen molar-refractivity contribution in [3.8, 4) is 0 Å². The smallest absolute Gasteiger partial charge is 0.243 e. The second-order valence-corrected chi connectivity index (χ2v) is 7.62. The number of sulfonamides is 1. The second-order valence-electron chi connectivity index (χ2n) is 5.71. The van der Waals surface area contributed by atoms with Crippen LogP contribution < -0.4 is 5.73 Å². The molecule has 2 rings (SSSR count). The predicted octanol–water partition coefficient (Wildman–Crippen LogP) is 1.42. The van der Waals surface area contributed by atoms with Crippen LogP contribution in [0, 0.1) is 19.8 Å². The molecule has 0 radical (unpaired) electrons. The fourth-order valence-corrected chi connectivity index (χ4v) is 4.69. The highest BCUT2D eigenvalue weighted by Gasteiger charge is 2.33. The third-order valence-corrected chi connectivity index (χ3v) is 6.18. The Morgan fingerprint density at radius 2 is 2.10 bits per heavy atom. The number of benzene rings is 1. The van der Waals surface area contributed by atoms with Crippen LogP contribution in [0.3, 0.4) is 0 Å². The zero-order valence-corrected chi connectivity index (χ0v) is 13.7. The fraction of sp³-hybridized carbons (Fsp3) is 0.600. The number of hydrogen-bond acceptors (Lipinski definition) is 4. The molecule has 1 fully saturated rings. The lowest BCUT2D eigenvalue weighted by molar-refractivity contribution is 0.157. The molecule has 1 saturated heterocycles. The number of ether oxygens (including phenoxy) is 1. The number of nitrogens with two attached hydrogens (primary N) is 1. The van der Waals surface area contributed by atoms with Gasteiger partial charge in [-0.15, -0.1) is 0 Å². The van der Waals surface area contributed by atoms with E-state index in [1.807, 2.05) is 19.9 Å². The summed E-state index contributed by atoms with van der Waals surface area (Å²) < 4.78 is 32.4. The SMILES string of the molecule is COCC1CCN(S(=O)(=O)c2cc(CN)cc(C)c2C)C1. The van der Waals surface area contributed by atoms with E-state index in [1.165, 1.54) is 0 Å². The summed E-state index contributed by atoms with van der Waals surface area (Å²) in [5.74, 6) is 0.281. The summed E-state index contributed by atoms with van der Waals surface area (Å²) in [6.45, 7) is 5.81. The van der Waals surface area contributed by atoms with Crippen molar-refractivity contribution in [3.05, 3.63) is 28.8 Å². The van der Waals surface area contributed by atoms with E-state index < -0.39 is 10.0 Å². The molecule has 0 aromatic heterocycles. The zero-order chi connectivity index (χ0) is 15.6. The van der Waals surface area contributed by atoms with Gasteiger partial charge in [0.25, 0.3) is 0 Å². The largest absolute Gasteiger partial charge is 0.384 e. The molecule has 0 spiro atoms. The Kier molecular flexibility index (Phi) is 5.03. The van der Waals surface area contributed by atoms with Gasteiger partial charge in [0, 0.05) is 26.7 Å². The standard InChI is InChI=1S/C15H24N2O3S/c1-11-6-14(8-16)7-15(12(11)2)21(18,19)17-5-4-13(9-17)10-20-3/h6-7,13H,4-5,8-10,16H2,1-3H3. The van der Waals surface area contributed by atoms with Crippen molar-refractivity contribution in [2.24, 2.45) is 11.7 Å². The van der Waals surface area contributed by atoms with Crippen molar-refractivity contribution in [1.82, 2.24) is 4.31 Å². The maximum absolute atomic E-state index is 12.9. The van der Waals surface area contributed by atoms with Crippen LogP contribution in [0.4, 0.5) is 0 Å². The average Bonchev–Trinajstić information content (AvgIpc) is 2.91. The van der Waals surface area contributed by atoms with Crippen molar-refractivity contribution in [1.29, 1.82) is 0 Å². The molecule has 0 aliphatic carbocycles. The second kappa shape index (κ2) is 6.44. The quantitative estimate of drug-likeness (QED) is 0.892. The lowest BCUT2D eigenvalue weighted by Gasteiger charge is -2.19. The van der Waals surface area contributed by atoms with Crippen LogP contribution in [0.1, 0.15) is 23.1 Å². The monoisotopic (exact) mass is 312 g/mol. The van der Waals surface area contributed by atoms with Gasteiger partial charge in [0.1, 0.15) is 0 Å². The molecule has 5 nitrogen and oxygen atoms in total. The molecule has 0 bridgehead atoms. The summed E-state index contributed by atoms with van der Waals surface area (Å²) in [5, 5.41) is 0. The number of nitrogens with zero attached hydrogens (tertiary/aromatic N) is 1. The van der Waals surface area contributed by atoms with Crippen molar-refractivity contribution in [2.45, 2.75) is 31.7 Å². The van der Waals surface area contributed by atoms with E-state index in [0.717, 1.165) is 23.1 Å². The Hall–Kier alpha value is -0.950. The van der Waals surface area contributed by atoms with Crippen LogP contribution in [0.15, 0.2) is 17.0 Å². The molecular weight excluding hydrogens is 288 g/mol. The topological polar surface area (TPSA) is 72.6 Å². The predicted molar refractivity (Wildman–Crippen MR) is 82.5 cm³/mol. The molecule has 1 unspecified atom stereocenters. The molecule has 1 aliphatic heterocycles. The minimum Gasteiger partial charge on any atom is -0.384 e. The number of hydrogen-bond donors (Lipinski definition) is 1. The van der Waals surface area contributed by atoms with Gasteiger partial charge in [0.2, 0.25) is 10.0 Å². The first-order chi connectivity index (χ1) is 9.90. The Balaban J connectivity index is 2.34. The fourth-order valence-electron chi connectivity index (χ4n) is 2.81. The molecule has 2 N–H and O–H groups in total. The van der Waals surface area contributed by atoms with Crippen molar-refractivity contribution < 1.29 is 13.2 Å². The summed E-state index contributed by atoms with van der Waals surface area (Å²) in [6, 6.07) is 3.66. The Bertz CT molecular complexity index is 614. The normalized spacial score (nSPS) is 20.1. The lowest BCUT2D eigenvalue weighted by Crippen LogP contribution is -2.30. The average molecular weight is 312 g/mol. The number of rotatable bonds is 5.